The van der Waals surface area contributed by atoms with Crippen LogP contribution in [0.4, 0.5) is 0 Å². The fourth-order valence-electron chi connectivity index (χ4n) is 3.98. The number of halogens is 1. The molecule has 4 heterocycles. The van der Waals surface area contributed by atoms with Gasteiger partial charge in [0.2, 0.25) is 5.91 Å². The molecular formula is C18H20BrN5O. The summed E-state index contributed by atoms with van der Waals surface area (Å²) in [6.07, 6.45) is 7.89. The number of likely N-dealkylation sites (tertiary alicyclic amines) is 1. The first-order valence-electron chi connectivity index (χ1n) is 8.86. The summed E-state index contributed by atoms with van der Waals surface area (Å²) in [7, 11) is 0. The van der Waals surface area contributed by atoms with Crippen molar-refractivity contribution in [1.82, 2.24) is 24.3 Å². The lowest BCUT2D eigenvalue weighted by atomic mass is 9.95. The predicted molar refractivity (Wildman–Crippen MR) is 98.4 cm³/mol. The van der Waals surface area contributed by atoms with Crippen LogP contribution >= 0.6 is 15.9 Å². The number of carbonyl (C=O) groups is 1. The molecule has 0 aromatic carbocycles. The Morgan fingerprint density at radius 1 is 1.40 bits per heavy atom. The number of aromatic amines is 1. The minimum atomic E-state index is -0.102. The maximum Gasteiger partial charge on any atom is 0.228 e. The summed E-state index contributed by atoms with van der Waals surface area (Å²) in [6.45, 7) is 3.72. The Balaban J connectivity index is 1.56. The molecule has 5 rings (SSSR count). The SMILES string of the molecule is CC1(C(=O)N2CCC[C@H](c3nc(Br)c4cnc5[nH]ccc5n34)C2)CC1. The number of fused-ring (bicyclic) bond motifs is 3. The molecule has 6 nitrogen and oxygen atoms in total. The number of amides is 1. The molecule has 2 fully saturated rings. The summed E-state index contributed by atoms with van der Waals surface area (Å²) < 4.78 is 3.00. The Labute approximate surface area is 153 Å². The monoisotopic (exact) mass is 401 g/mol. The van der Waals surface area contributed by atoms with E-state index in [-0.39, 0.29) is 11.3 Å². The van der Waals surface area contributed by atoms with Crippen LogP contribution in [0.2, 0.25) is 0 Å². The third-order valence-electron chi connectivity index (χ3n) is 5.74. The lowest BCUT2D eigenvalue weighted by molar-refractivity contribution is -0.137. The average Bonchev–Trinajstić information content (AvgIpc) is 3.07. The number of nitrogens with zero attached hydrogens (tertiary/aromatic N) is 4. The highest BCUT2D eigenvalue weighted by atomic mass is 79.9. The molecule has 1 N–H and O–H groups in total. The van der Waals surface area contributed by atoms with E-state index in [9.17, 15) is 4.79 Å². The number of imidazole rings is 1. The number of H-pyrrole nitrogens is 1. The summed E-state index contributed by atoms with van der Waals surface area (Å²) in [5.74, 6) is 1.59. The van der Waals surface area contributed by atoms with Crippen molar-refractivity contribution < 1.29 is 4.79 Å². The van der Waals surface area contributed by atoms with Gasteiger partial charge in [0, 0.05) is 30.6 Å². The van der Waals surface area contributed by atoms with Gasteiger partial charge in [0.15, 0.2) is 5.65 Å². The second-order valence-electron chi connectivity index (χ2n) is 7.60. The molecule has 25 heavy (non-hydrogen) atoms. The molecule has 3 aromatic heterocycles. The second kappa shape index (κ2) is 5.30. The summed E-state index contributed by atoms with van der Waals surface area (Å²) in [4.78, 5) is 27.3. The fraction of sp³-hybridized carbons (Fsp3) is 0.500. The van der Waals surface area contributed by atoms with Crippen molar-refractivity contribution in [2.24, 2.45) is 5.41 Å². The van der Waals surface area contributed by atoms with Crippen LogP contribution in [0.25, 0.3) is 16.7 Å². The molecular weight excluding hydrogens is 382 g/mol. The summed E-state index contributed by atoms with van der Waals surface area (Å²) in [5, 5.41) is 0. The van der Waals surface area contributed by atoms with Gasteiger partial charge >= 0.3 is 0 Å². The van der Waals surface area contributed by atoms with Crippen molar-refractivity contribution in [3.63, 3.8) is 0 Å². The van der Waals surface area contributed by atoms with E-state index in [0.29, 0.717) is 5.91 Å². The maximum absolute atomic E-state index is 12.8. The van der Waals surface area contributed by atoms with E-state index in [1.807, 2.05) is 18.5 Å². The van der Waals surface area contributed by atoms with Crippen LogP contribution in [-0.2, 0) is 4.79 Å². The third-order valence-corrected chi connectivity index (χ3v) is 6.33. The summed E-state index contributed by atoms with van der Waals surface area (Å²) >= 11 is 3.58. The zero-order chi connectivity index (χ0) is 17.2. The number of nitrogens with one attached hydrogen (secondary N) is 1. The van der Waals surface area contributed by atoms with Crippen molar-refractivity contribution >= 4 is 38.5 Å². The fourth-order valence-corrected chi connectivity index (χ4v) is 4.44. The largest absolute Gasteiger partial charge is 0.345 e. The van der Waals surface area contributed by atoms with E-state index in [0.717, 1.165) is 65.9 Å². The number of piperidine rings is 1. The highest BCUT2D eigenvalue weighted by Gasteiger charge is 2.47. The third kappa shape index (κ3) is 2.32. The zero-order valence-corrected chi connectivity index (χ0v) is 15.7. The van der Waals surface area contributed by atoms with E-state index < -0.39 is 0 Å². The topological polar surface area (TPSA) is 66.3 Å². The molecule has 1 atom stereocenters. The molecule has 0 radical (unpaired) electrons. The Morgan fingerprint density at radius 2 is 2.24 bits per heavy atom. The first kappa shape index (κ1) is 15.4. The van der Waals surface area contributed by atoms with Crippen LogP contribution in [0.5, 0.6) is 0 Å². The molecule has 0 spiro atoms. The van der Waals surface area contributed by atoms with E-state index in [2.05, 4.69) is 42.1 Å². The van der Waals surface area contributed by atoms with Gasteiger partial charge < -0.3 is 9.88 Å². The average molecular weight is 402 g/mol. The van der Waals surface area contributed by atoms with Gasteiger partial charge in [-0.25, -0.2) is 9.97 Å². The first-order valence-corrected chi connectivity index (χ1v) is 9.65. The number of rotatable bonds is 2. The highest BCUT2D eigenvalue weighted by molar-refractivity contribution is 9.10. The molecule has 130 valence electrons. The molecule has 0 unspecified atom stereocenters. The van der Waals surface area contributed by atoms with Gasteiger partial charge in [-0.05, 0) is 47.7 Å². The van der Waals surface area contributed by atoms with Crippen molar-refractivity contribution in [2.75, 3.05) is 13.1 Å². The van der Waals surface area contributed by atoms with Crippen molar-refractivity contribution in [2.45, 2.75) is 38.5 Å². The van der Waals surface area contributed by atoms with Gasteiger partial charge in [0.05, 0.1) is 17.2 Å². The quantitative estimate of drug-likeness (QED) is 0.714. The van der Waals surface area contributed by atoms with Crippen LogP contribution in [0.3, 0.4) is 0 Å². The first-order chi connectivity index (χ1) is 12.1. The zero-order valence-electron chi connectivity index (χ0n) is 14.1. The van der Waals surface area contributed by atoms with Gasteiger partial charge in [-0.2, -0.15) is 0 Å². The lowest BCUT2D eigenvalue weighted by Crippen LogP contribution is -2.42. The van der Waals surface area contributed by atoms with E-state index in [1.54, 1.807) is 0 Å². The molecule has 1 saturated carbocycles. The minimum absolute atomic E-state index is 0.102. The second-order valence-corrected chi connectivity index (χ2v) is 8.35. The molecule has 0 bridgehead atoms. The van der Waals surface area contributed by atoms with Crippen LogP contribution in [0.15, 0.2) is 23.1 Å². The summed E-state index contributed by atoms with van der Waals surface area (Å²) in [6, 6.07) is 2.03. The predicted octanol–water partition coefficient (Wildman–Crippen LogP) is 3.48. The molecule has 1 amide bonds. The van der Waals surface area contributed by atoms with E-state index in [1.165, 1.54) is 0 Å². The van der Waals surface area contributed by atoms with E-state index in [4.69, 9.17) is 4.98 Å². The van der Waals surface area contributed by atoms with Crippen LogP contribution < -0.4 is 0 Å². The van der Waals surface area contributed by atoms with Gasteiger partial charge in [-0.1, -0.05) is 6.92 Å². The van der Waals surface area contributed by atoms with Crippen molar-refractivity contribution in [3.8, 4) is 0 Å². The Hall–Kier alpha value is -1.89. The Kier molecular flexibility index (Phi) is 3.26. The summed E-state index contributed by atoms with van der Waals surface area (Å²) in [5.41, 5.74) is 2.76. The standard InChI is InChI=1S/C18H20BrN5O/c1-18(5-6-18)17(25)23-8-2-3-11(10-23)16-22-14(19)13-9-21-15-12(24(13)16)4-7-20-15/h4,7,9,11,20H,2-3,5-6,8,10H2,1H3/t11-/m0/s1. The Morgan fingerprint density at radius 3 is 3.04 bits per heavy atom. The van der Waals surface area contributed by atoms with E-state index >= 15 is 0 Å². The number of carbonyl (C=O) groups excluding carboxylic acids is 1. The Bertz CT molecular complexity index is 986. The lowest BCUT2D eigenvalue weighted by Gasteiger charge is -2.34. The van der Waals surface area contributed by atoms with Crippen molar-refractivity contribution in [3.05, 3.63) is 28.9 Å². The minimum Gasteiger partial charge on any atom is -0.345 e. The number of hydrogen-bond donors (Lipinski definition) is 1. The smallest absolute Gasteiger partial charge is 0.228 e. The van der Waals surface area contributed by atoms with Crippen molar-refractivity contribution in [1.29, 1.82) is 0 Å². The highest BCUT2D eigenvalue weighted by Crippen LogP contribution is 2.47. The van der Waals surface area contributed by atoms with Crippen LogP contribution in [0.1, 0.15) is 44.3 Å². The van der Waals surface area contributed by atoms with Crippen LogP contribution in [-0.4, -0.2) is 43.2 Å². The van der Waals surface area contributed by atoms with Gasteiger partial charge in [0.1, 0.15) is 10.4 Å². The van der Waals surface area contributed by atoms with Crippen LogP contribution in [0, 0.1) is 5.41 Å². The van der Waals surface area contributed by atoms with Gasteiger partial charge in [-0.3, -0.25) is 9.20 Å². The molecule has 7 heteroatoms. The van der Waals surface area contributed by atoms with Gasteiger partial charge in [0.25, 0.3) is 0 Å². The normalized spacial score (nSPS) is 22.6. The molecule has 3 aromatic rings. The molecule has 1 saturated heterocycles. The van der Waals surface area contributed by atoms with Gasteiger partial charge in [-0.15, -0.1) is 0 Å². The number of hydrogen-bond acceptors (Lipinski definition) is 3. The maximum atomic E-state index is 12.8. The molecule has 2 aliphatic rings. The molecule has 1 aliphatic heterocycles. The number of aromatic nitrogens is 4. The molecule has 1 aliphatic carbocycles.